The molecule has 0 aliphatic carbocycles. The van der Waals surface area contributed by atoms with Crippen LogP contribution in [0.3, 0.4) is 0 Å². The summed E-state index contributed by atoms with van der Waals surface area (Å²) >= 11 is 0. The number of aryl methyl sites for hydroxylation is 1. The van der Waals surface area contributed by atoms with Gasteiger partial charge in [-0.2, -0.15) is 0 Å². The summed E-state index contributed by atoms with van der Waals surface area (Å²) in [5.41, 5.74) is 2.36. The first-order valence-corrected chi connectivity index (χ1v) is 10.5. The number of allylic oxidation sites excluding steroid dienone is 1. The maximum absolute atomic E-state index is 12.5. The van der Waals surface area contributed by atoms with E-state index in [0.717, 1.165) is 0 Å². The van der Waals surface area contributed by atoms with Crippen molar-refractivity contribution in [2.75, 3.05) is 17.1 Å². The molecule has 0 saturated carbocycles. The zero-order chi connectivity index (χ0) is 21.7. The minimum absolute atomic E-state index is 0.0675. The van der Waals surface area contributed by atoms with E-state index in [1.807, 2.05) is 0 Å². The van der Waals surface area contributed by atoms with Crippen molar-refractivity contribution in [3.8, 4) is 5.75 Å². The third-order valence-corrected chi connectivity index (χ3v) is 5.73. The number of benzene rings is 2. The first-order valence-electron chi connectivity index (χ1n) is 8.97. The highest BCUT2D eigenvalue weighted by Crippen LogP contribution is 2.22. The van der Waals surface area contributed by atoms with Crippen LogP contribution in [0.4, 0.5) is 11.6 Å². The number of nitrogens with one attached hydrogen (secondary N) is 2. The molecule has 1 heterocycles. The largest absolute Gasteiger partial charge is 0.497 e. The molecule has 0 unspecified atom stereocenters. The number of aromatic nitrogens is 1. The van der Waals surface area contributed by atoms with Gasteiger partial charge in [0.05, 0.1) is 17.7 Å². The SMILES string of the molecule is COc1cccc(C(=O)/C=C\Nc2ccc(S(=O)(=O)Nc3onc(C)c3C)cc2)c1. The van der Waals surface area contributed by atoms with E-state index in [0.29, 0.717) is 28.3 Å². The number of hydrogen-bond acceptors (Lipinski definition) is 7. The molecular weight excluding hydrogens is 406 g/mol. The average molecular weight is 427 g/mol. The van der Waals surface area contributed by atoms with Gasteiger partial charge in [0.15, 0.2) is 5.78 Å². The molecule has 1 aromatic heterocycles. The normalized spacial score (nSPS) is 11.4. The number of anilines is 2. The highest BCUT2D eigenvalue weighted by molar-refractivity contribution is 7.92. The van der Waals surface area contributed by atoms with E-state index >= 15 is 0 Å². The van der Waals surface area contributed by atoms with E-state index in [1.54, 1.807) is 50.2 Å². The van der Waals surface area contributed by atoms with E-state index < -0.39 is 10.0 Å². The van der Waals surface area contributed by atoms with Crippen molar-refractivity contribution in [2.45, 2.75) is 18.7 Å². The molecule has 2 aromatic carbocycles. The molecule has 3 rings (SSSR count). The van der Waals surface area contributed by atoms with Gasteiger partial charge in [-0.15, -0.1) is 0 Å². The van der Waals surface area contributed by atoms with Gasteiger partial charge in [0.1, 0.15) is 5.75 Å². The van der Waals surface area contributed by atoms with Gasteiger partial charge in [-0.25, -0.2) is 13.1 Å². The average Bonchev–Trinajstić information content (AvgIpc) is 3.05. The number of nitrogens with zero attached hydrogens (tertiary/aromatic N) is 1. The summed E-state index contributed by atoms with van der Waals surface area (Å²) in [5, 5.41) is 6.67. The summed E-state index contributed by atoms with van der Waals surface area (Å²) in [5.74, 6) is 0.500. The number of carbonyl (C=O) groups is 1. The fraction of sp³-hybridized carbons (Fsp3) is 0.143. The molecule has 9 heteroatoms. The fourth-order valence-electron chi connectivity index (χ4n) is 2.51. The highest BCUT2D eigenvalue weighted by atomic mass is 32.2. The lowest BCUT2D eigenvalue weighted by atomic mass is 10.1. The molecule has 2 N–H and O–H groups in total. The first kappa shape index (κ1) is 21.1. The molecular formula is C21H21N3O5S. The van der Waals surface area contributed by atoms with Gasteiger partial charge in [0, 0.05) is 29.1 Å². The Kier molecular flexibility index (Phi) is 6.22. The maximum atomic E-state index is 12.5. The number of hydrogen-bond donors (Lipinski definition) is 2. The van der Waals surface area contributed by atoms with E-state index in [-0.39, 0.29) is 16.6 Å². The number of methoxy groups -OCH3 is 1. The number of ether oxygens (including phenoxy) is 1. The Morgan fingerprint density at radius 1 is 1.13 bits per heavy atom. The van der Waals surface area contributed by atoms with Crippen LogP contribution in [0.15, 0.2) is 70.2 Å². The van der Waals surface area contributed by atoms with Crippen LogP contribution in [0.2, 0.25) is 0 Å². The van der Waals surface area contributed by atoms with Crippen molar-refractivity contribution in [1.82, 2.24) is 5.16 Å². The van der Waals surface area contributed by atoms with Gasteiger partial charge in [-0.1, -0.05) is 17.3 Å². The Balaban J connectivity index is 1.64. The zero-order valence-corrected chi connectivity index (χ0v) is 17.5. The molecule has 0 bridgehead atoms. The third-order valence-electron chi connectivity index (χ3n) is 4.39. The fourth-order valence-corrected chi connectivity index (χ4v) is 3.55. The Labute approximate surface area is 174 Å². The number of sulfonamides is 1. The van der Waals surface area contributed by atoms with Crippen LogP contribution in [-0.2, 0) is 10.0 Å². The van der Waals surface area contributed by atoms with Crippen LogP contribution < -0.4 is 14.8 Å². The van der Waals surface area contributed by atoms with Crippen LogP contribution in [0.5, 0.6) is 5.75 Å². The van der Waals surface area contributed by atoms with Gasteiger partial charge in [-0.05, 0) is 50.2 Å². The molecule has 0 spiro atoms. The predicted molar refractivity (Wildman–Crippen MR) is 113 cm³/mol. The van der Waals surface area contributed by atoms with Crippen LogP contribution in [0, 0.1) is 13.8 Å². The molecule has 30 heavy (non-hydrogen) atoms. The molecule has 0 atom stereocenters. The molecule has 0 radical (unpaired) electrons. The van der Waals surface area contributed by atoms with Crippen molar-refractivity contribution < 1.29 is 22.5 Å². The monoisotopic (exact) mass is 427 g/mol. The van der Waals surface area contributed by atoms with Gasteiger partial charge >= 0.3 is 0 Å². The highest BCUT2D eigenvalue weighted by Gasteiger charge is 2.19. The van der Waals surface area contributed by atoms with E-state index in [4.69, 9.17) is 9.26 Å². The zero-order valence-electron chi connectivity index (χ0n) is 16.7. The Bertz CT molecular complexity index is 1180. The van der Waals surface area contributed by atoms with Crippen molar-refractivity contribution in [3.05, 3.63) is 77.6 Å². The number of rotatable bonds is 8. The van der Waals surface area contributed by atoms with Crippen LogP contribution >= 0.6 is 0 Å². The minimum Gasteiger partial charge on any atom is -0.497 e. The first-order chi connectivity index (χ1) is 14.3. The summed E-state index contributed by atoms with van der Waals surface area (Å²) in [6, 6.07) is 12.9. The van der Waals surface area contributed by atoms with Crippen molar-refractivity contribution in [3.63, 3.8) is 0 Å². The second-order valence-electron chi connectivity index (χ2n) is 6.43. The van der Waals surface area contributed by atoms with Gasteiger partial charge in [0.2, 0.25) is 5.88 Å². The maximum Gasteiger partial charge on any atom is 0.264 e. The Hall–Kier alpha value is -3.59. The lowest BCUT2D eigenvalue weighted by Crippen LogP contribution is -2.13. The summed E-state index contributed by atoms with van der Waals surface area (Å²) in [4.78, 5) is 12.3. The molecule has 0 fully saturated rings. The van der Waals surface area contributed by atoms with E-state index in [2.05, 4.69) is 15.2 Å². The van der Waals surface area contributed by atoms with Crippen LogP contribution in [-0.4, -0.2) is 26.5 Å². The minimum atomic E-state index is -3.81. The summed E-state index contributed by atoms with van der Waals surface area (Å²) < 4.78 is 37.5. The van der Waals surface area contributed by atoms with E-state index in [1.165, 1.54) is 31.5 Å². The lowest BCUT2D eigenvalue weighted by Gasteiger charge is -2.07. The predicted octanol–water partition coefficient (Wildman–Crippen LogP) is 3.91. The molecule has 3 aromatic rings. The van der Waals surface area contributed by atoms with E-state index in [9.17, 15) is 13.2 Å². The smallest absolute Gasteiger partial charge is 0.264 e. The molecule has 8 nitrogen and oxygen atoms in total. The molecule has 0 aliphatic rings. The van der Waals surface area contributed by atoms with Crippen LogP contribution in [0.1, 0.15) is 21.6 Å². The quantitative estimate of drug-likeness (QED) is 0.414. The third kappa shape index (κ3) is 4.87. The molecule has 0 aliphatic heterocycles. The van der Waals surface area contributed by atoms with Crippen molar-refractivity contribution in [2.24, 2.45) is 0 Å². The lowest BCUT2D eigenvalue weighted by molar-refractivity contribution is 0.104. The number of carbonyl (C=O) groups excluding carboxylic acids is 1. The van der Waals surface area contributed by atoms with Gasteiger partial charge in [0.25, 0.3) is 10.0 Å². The van der Waals surface area contributed by atoms with Crippen molar-refractivity contribution in [1.29, 1.82) is 0 Å². The van der Waals surface area contributed by atoms with Crippen molar-refractivity contribution >= 4 is 27.4 Å². The molecule has 0 amide bonds. The topological polar surface area (TPSA) is 111 Å². The van der Waals surface area contributed by atoms with Gasteiger partial charge in [-0.3, -0.25) is 4.79 Å². The second-order valence-corrected chi connectivity index (χ2v) is 8.11. The summed E-state index contributed by atoms with van der Waals surface area (Å²) in [6.07, 6.45) is 2.88. The Morgan fingerprint density at radius 3 is 2.50 bits per heavy atom. The standard InChI is InChI=1S/C21H21N3O5S/c1-14-15(2)23-29-21(14)24-30(26,27)19-9-7-17(8-10-19)22-12-11-20(25)16-5-4-6-18(13-16)28-3/h4-13,22,24H,1-3H3/b12-11-. The second kappa shape index (κ2) is 8.83. The van der Waals surface area contributed by atoms with Crippen LogP contribution in [0.25, 0.3) is 0 Å². The molecule has 156 valence electrons. The number of ketones is 1. The molecule has 0 saturated heterocycles. The Morgan fingerprint density at radius 2 is 1.87 bits per heavy atom. The van der Waals surface area contributed by atoms with Gasteiger partial charge < -0.3 is 14.6 Å². The summed E-state index contributed by atoms with van der Waals surface area (Å²) in [6.45, 7) is 3.44. The summed E-state index contributed by atoms with van der Waals surface area (Å²) in [7, 11) is -2.28.